The standard InChI is InChI=1S/C50H46Cl2N6O10/c1-49(29-59,47(61)62)57-23-39-13-41(51)45(15-43(39)65-27-35-9-33(17-53)19-55-21-35)67-25-31-5-3-7-37(11-31)38-8-4-6-32(12-38)26-68-46-16-44(66-28-36-10-34(18-54)20-56-22-36)40(14-42(46)52)24-58-50(2,30-60)48(63)64/h3-16,19-22,57-60H,23-30H2,1-2H3,(H,61,62)(H,63,64)/t49-,50+. The summed E-state index contributed by atoms with van der Waals surface area (Å²) in [5, 5.41) is 63.8. The number of hydrogen-bond donors (Lipinski definition) is 6. The minimum atomic E-state index is -1.63. The second kappa shape index (κ2) is 23.0. The van der Waals surface area contributed by atoms with Crippen LogP contribution in [-0.2, 0) is 49.1 Å². The summed E-state index contributed by atoms with van der Waals surface area (Å²) in [6.45, 7) is 1.66. The molecule has 16 nitrogen and oxygen atoms in total. The average molecular weight is 962 g/mol. The van der Waals surface area contributed by atoms with Gasteiger partial charge < -0.3 is 39.4 Å². The van der Waals surface area contributed by atoms with Gasteiger partial charge in [0.2, 0.25) is 0 Å². The Bertz CT molecular complexity index is 2680. The quantitative estimate of drug-likeness (QED) is 0.0367. The molecule has 0 fully saturated rings. The van der Waals surface area contributed by atoms with Crippen LogP contribution in [0, 0.1) is 22.7 Å². The Morgan fingerprint density at radius 3 is 1.32 bits per heavy atom. The van der Waals surface area contributed by atoms with Gasteiger partial charge >= 0.3 is 11.9 Å². The van der Waals surface area contributed by atoms with E-state index in [1.54, 1.807) is 48.8 Å². The van der Waals surface area contributed by atoms with Crippen LogP contribution < -0.4 is 29.6 Å². The van der Waals surface area contributed by atoms with Crippen molar-refractivity contribution in [1.82, 2.24) is 20.6 Å². The lowest BCUT2D eigenvalue weighted by Gasteiger charge is -2.25. The van der Waals surface area contributed by atoms with Crippen LogP contribution in [0.15, 0.2) is 110 Å². The van der Waals surface area contributed by atoms with E-state index >= 15 is 0 Å². The molecule has 0 saturated heterocycles. The monoisotopic (exact) mass is 960 g/mol. The van der Waals surface area contributed by atoms with E-state index in [-0.39, 0.29) is 49.6 Å². The summed E-state index contributed by atoms with van der Waals surface area (Å²) in [5.41, 5.74) is 3.12. The van der Waals surface area contributed by atoms with Crippen LogP contribution in [-0.4, -0.2) is 66.6 Å². The largest absolute Gasteiger partial charge is 0.488 e. The highest BCUT2D eigenvalue weighted by atomic mass is 35.5. The number of aliphatic hydroxyl groups excluding tert-OH is 2. The smallest absolute Gasteiger partial charge is 0.326 e. The second-order valence-electron chi connectivity index (χ2n) is 16.0. The number of ether oxygens (including phenoxy) is 4. The first-order valence-electron chi connectivity index (χ1n) is 20.9. The van der Waals surface area contributed by atoms with E-state index in [0.717, 1.165) is 22.3 Å². The third-order valence-electron chi connectivity index (χ3n) is 10.8. The fourth-order valence-electron chi connectivity index (χ4n) is 6.48. The zero-order valence-corrected chi connectivity index (χ0v) is 38.3. The molecular formula is C50H46Cl2N6O10. The van der Waals surface area contributed by atoms with Gasteiger partial charge in [-0.25, -0.2) is 0 Å². The van der Waals surface area contributed by atoms with Crippen LogP contribution in [0.3, 0.4) is 0 Å². The highest BCUT2D eigenvalue weighted by Gasteiger charge is 2.33. The van der Waals surface area contributed by atoms with Crippen LogP contribution in [0.2, 0.25) is 10.0 Å². The Morgan fingerprint density at radius 2 is 0.956 bits per heavy atom. The molecule has 6 N–H and O–H groups in total. The van der Waals surface area contributed by atoms with Crippen LogP contribution in [0.4, 0.5) is 0 Å². The predicted octanol–water partition coefficient (Wildman–Crippen LogP) is 7.36. The Morgan fingerprint density at radius 1 is 0.574 bits per heavy atom. The summed E-state index contributed by atoms with van der Waals surface area (Å²) in [4.78, 5) is 31.9. The first kappa shape index (κ1) is 50.1. The molecule has 18 heteroatoms. The van der Waals surface area contributed by atoms with Gasteiger partial charge in [-0.15, -0.1) is 0 Å². The van der Waals surface area contributed by atoms with Gasteiger partial charge in [-0.05, 0) is 72.5 Å². The van der Waals surface area contributed by atoms with Crippen LogP contribution in [0.5, 0.6) is 23.0 Å². The van der Waals surface area contributed by atoms with Gasteiger partial charge in [0.25, 0.3) is 0 Å². The van der Waals surface area contributed by atoms with Crippen LogP contribution in [0.25, 0.3) is 11.1 Å². The Balaban J connectivity index is 1.17. The number of nitriles is 2. The van der Waals surface area contributed by atoms with Crippen molar-refractivity contribution in [2.75, 3.05) is 13.2 Å². The van der Waals surface area contributed by atoms with Crippen molar-refractivity contribution in [3.05, 3.63) is 164 Å². The van der Waals surface area contributed by atoms with Gasteiger partial charge in [0, 0.05) is 72.3 Å². The molecule has 68 heavy (non-hydrogen) atoms. The normalized spacial score (nSPS) is 12.7. The van der Waals surface area contributed by atoms with E-state index in [1.807, 2.05) is 60.7 Å². The first-order valence-corrected chi connectivity index (χ1v) is 21.6. The molecule has 0 aliphatic carbocycles. The number of benzene rings is 4. The molecule has 0 saturated carbocycles. The summed E-state index contributed by atoms with van der Waals surface area (Å²) in [6, 6.07) is 29.3. The lowest BCUT2D eigenvalue weighted by atomic mass is 10.0. The molecule has 0 unspecified atom stereocenters. The maximum absolute atomic E-state index is 11.9. The third kappa shape index (κ3) is 13.0. The number of carboxylic acids is 2. The molecule has 0 spiro atoms. The summed E-state index contributed by atoms with van der Waals surface area (Å²) in [7, 11) is 0. The maximum Gasteiger partial charge on any atom is 0.326 e. The average Bonchev–Trinajstić information content (AvgIpc) is 3.35. The number of hydrogen-bond acceptors (Lipinski definition) is 14. The van der Waals surface area contributed by atoms with E-state index in [0.29, 0.717) is 56.4 Å². The van der Waals surface area contributed by atoms with Crippen molar-refractivity contribution in [3.63, 3.8) is 0 Å². The number of carboxylic acid groups (broad SMARTS) is 2. The van der Waals surface area contributed by atoms with Gasteiger partial charge in [0.15, 0.2) is 0 Å². The minimum absolute atomic E-state index is 0.0197. The Kier molecular flexibility index (Phi) is 16.9. The summed E-state index contributed by atoms with van der Waals surface area (Å²) in [5.74, 6) is -1.22. The SMILES string of the molecule is C[C@](CO)(NCc1cc(Cl)c(OCc2cccc(-c3cccc(COc4cc(OCc5cncc(C#N)c5)c(CN[C@@](C)(CO)C(=O)O)cc4Cl)c3)c2)cc1OCc1cncc(C#N)c1)C(=O)O. The molecule has 0 aliphatic rings. The first-order chi connectivity index (χ1) is 32.6. The van der Waals surface area contributed by atoms with E-state index in [9.17, 15) is 40.5 Å². The number of carbonyl (C=O) groups is 2. The molecule has 6 rings (SSSR count). The predicted molar refractivity (Wildman–Crippen MR) is 250 cm³/mol. The van der Waals surface area contributed by atoms with E-state index in [2.05, 4.69) is 20.6 Å². The highest BCUT2D eigenvalue weighted by Crippen LogP contribution is 2.36. The highest BCUT2D eigenvalue weighted by molar-refractivity contribution is 6.32. The molecule has 2 atom stereocenters. The number of aliphatic carboxylic acids is 2. The number of pyridine rings is 2. The number of rotatable bonds is 23. The molecule has 2 heterocycles. The van der Waals surface area contributed by atoms with E-state index in [1.165, 1.54) is 26.2 Å². The molecule has 0 bridgehead atoms. The van der Waals surface area contributed by atoms with Crippen molar-refractivity contribution in [3.8, 4) is 46.3 Å². The molecule has 6 aromatic rings. The van der Waals surface area contributed by atoms with Crippen molar-refractivity contribution in [2.45, 2.75) is 64.4 Å². The van der Waals surface area contributed by atoms with Gasteiger partial charge in [-0.2, -0.15) is 10.5 Å². The zero-order chi connectivity index (χ0) is 48.8. The third-order valence-corrected chi connectivity index (χ3v) is 11.3. The number of nitrogens with one attached hydrogen (secondary N) is 2. The number of aromatic nitrogens is 2. The van der Waals surface area contributed by atoms with Gasteiger partial charge in [0.05, 0.1) is 34.4 Å². The second-order valence-corrected chi connectivity index (χ2v) is 16.8. The number of aliphatic hydroxyl groups is 2. The lowest BCUT2D eigenvalue weighted by molar-refractivity contribution is -0.146. The van der Waals surface area contributed by atoms with Crippen molar-refractivity contribution in [2.24, 2.45) is 0 Å². The molecule has 350 valence electrons. The van der Waals surface area contributed by atoms with Crippen LogP contribution >= 0.6 is 23.2 Å². The molecule has 0 amide bonds. The Labute approximate surface area is 401 Å². The van der Waals surface area contributed by atoms with Gasteiger partial charge in [0.1, 0.15) is 72.6 Å². The van der Waals surface area contributed by atoms with Gasteiger partial charge in [-0.1, -0.05) is 59.6 Å². The number of nitrogens with zero attached hydrogens (tertiary/aromatic N) is 4. The van der Waals surface area contributed by atoms with Crippen LogP contribution in [0.1, 0.15) is 58.4 Å². The van der Waals surface area contributed by atoms with Crippen molar-refractivity contribution >= 4 is 35.1 Å². The molecule has 2 aromatic heterocycles. The van der Waals surface area contributed by atoms with E-state index < -0.39 is 36.2 Å². The summed E-state index contributed by atoms with van der Waals surface area (Å²) < 4.78 is 24.7. The topological polar surface area (TPSA) is 249 Å². The van der Waals surface area contributed by atoms with Gasteiger partial charge in [-0.3, -0.25) is 30.2 Å². The summed E-state index contributed by atoms with van der Waals surface area (Å²) in [6.07, 6.45) is 6.00. The maximum atomic E-state index is 11.9. The molecule has 4 aromatic carbocycles. The lowest BCUT2D eigenvalue weighted by Crippen LogP contribution is -2.52. The molecular weight excluding hydrogens is 915 g/mol. The fraction of sp³-hybridized carbons (Fsp3) is 0.240. The molecule has 0 radical (unpaired) electrons. The minimum Gasteiger partial charge on any atom is -0.488 e. The summed E-state index contributed by atoms with van der Waals surface area (Å²) >= 11 is 13.4. The zero-order valence-electron chi connectivity index (χ0n) is 36.8. The van der Waals surface area contributed by atoms with Crippen molar-refractivity contribution in [1.29, 1.82) is 10.5 Å². The number of halogens is 2. The van der Waals surface area contributed by atoms with Crippen molar-refractivity contribution < 1.29 is 49.0 Å². The van der Waals surface area contributed by atoms with E-state index in [4.69, 9.17) is 42.1 Å². The fourth-order valence-corrected chi connectivity index (χ4v) is 6.96. The Hall–Kier alpha value is -7.28. The molecule has 0 aliphatic heterocycles.